The highest BCUT2D eigenvalue weighted by Crippen LogP contribution is 2.36. The first-order valence-electron chi connectivity index (χ1n) is 9.95. The summed E-state index contributed by atoms with van der Waals surface area (Å²) in [5, 5.41) is 15.0. The maximum atomic E-state index is 12.8. The number of hydrogen-bond acceptors (Lipinski definition) is 6. The van der Waals surface area contributed by atoms with Gasteiger partial charge in [-0.25, -0.2) is 5.01 Å². The average molecular weight is 425 g/mol. The van der Waals surface area contributed by atoms with Crippen LogP contribution in [0.2, 0.25) is 0 Å². The zero-order chi connectivity index (χ0) is 22.5. The van der Waals surface area contributed by atoms with E-state index in [0.717, 1.165) is 22.5 Å². The molecular weight excluding hydrogens is 398 g/mol. The number of anilines is 1. The van der Waals surface area contributed by atoms with E-state index in [-0.39, 0.29) is 24.8 Å². The first-order chi connectivity index (χ1) is 14.8. The van der Waals surface area contributed by atoms with Crippen molar-refractivity contribution in [1.29, 1.82) is 0 Å². The number of ether oxygens (including phenoxy) is 2. The summed E-state index contributed by atoms with van der Waals surface area (Å²) in [6.45, 7) is 0. The Morgan fingerprint density at radius 2 is 1.74 bits per heavy atom. The molecule has 8 nitrogen and oxygen atoms in total. The van der Waals surface area contributed by atoms with Gasteiger partial charge in [-0.05, 0) is 35.9 Å². The van der Waals surface area contributed by atoms with E-state index >= 15 is 0 Å². The molecule has 1 N–H and O–H groups in total. The quantitative estimate of drug-likeness (QED) is 0.698. The lowest BCUT2D eigenvalue weighted by Crippen LogP contribution is -2.27. The van der Waals surface area contributed by atoms with Gasteiger partial charge in [0.05, 0.1) is 32.4 Å². The van der Waals surface area contributed by atoms with Crippen LogP contribution in [-0.2, 0) is 9.59 Å². The minimum atomic E-state index is -1.01. The second-order valence-electron chi connectivity index (χ2n) is 7.45. The maximum absolute atomic E-state index is 12.8. The molecule has 0 spiro atoms. The first kappa shape index (κ1) is 22.1. The summed E-state index contributed by atoms with van der Waals surface area (Å²) < 4.78 is 10.7. The van der Waals surface area contributed by atoms with Crippen molar-refractivity contribution in [3.05, 3.63) is 53.6 Å². The van der Waals surface area contributed by atoms with Gasteiger partial charge in [0.1, 0.15) is 0 Å². The van der Waals surface area contributed by atoms with E-state index in [2.05, 4.69) is 5.10 Å². The van der Waals surface area contributed by atoms with Crippen molar-refractivity contribution in [2.24, 2.45) is 5.10 Å². The van der Waals surface area contributed by atoms with Crippen LogP contribution in [0.1, 0.15) is 36.4 Å². The summed E-state index contributed by atoms with van der Waals surface area (Å²) in [5.41, 5.74) is 3.53. The lowest BCUT2D eigenvalue weighted by Gasteiger charge is -2.22. The van der Waals surface area contributed by atoms with E-state index in [9.17, 15) is 9.59 Å². The largest absolute Gasteiger partial charge is 0.493 e. The molecule has 8 heteroatoms. The molecule has 1 amide bonds. The fraction of sp³-hybridized carbons (Fsp3) is 0.348. The smallest absolute Gasteiger partial charge is 0.303 e. The van der Waals surface area contributed by atoms with Gasteiger partial charge in [-0.1, -0.05) is 12.1 Å². The van der Waals surface area contributed by atoms with E-state index < -0.39 is 5.97 Å². The van der Waals surface area contributed by atoms with Gasteiger partial charge < -0.3 is 19.5 Å². The zero-order valence-corrected chi connectivity index (χ0v) is 18.2. The summed E-state index contributed by atoms with van der Waals surface area (Å²) in [5.74, 6) is -0.150. The number of carboxylic acids is 1. The summed E-state index contributed by atoms with van der Waals surface area (Å²) in [6, 6.07) is 13.1. The predicted octanol–water partition coefficient (Wildman–Crippen LogP) is 3.31. The topological polar surface area (TPSA) is 91.7 Å². The summed E-state index contributed by atoms with van der Waals surface area (Å²) in [6.07, 6.45) is 0.169. The molecule has 1 atom stereocenters. The normalized spacial score (nSPS) is 15.4. The number of methoxy groups -OCH3 is 2. The molecule has 0 unspecified atom stereocenters. The number of amides is 1. The SMILES string of the molecule is COc1ccc(C2=NN(C(=O)CCC(=O)O)[C@@H](c3ccc(N(C)C)cc3)C2)cc1OC. The molecule has 1 aliphatic rings. The van der Waals surface area contributed by atoms with Crippen molar-refractivity contribution < 1.29 is 24.2 Å². The van der Waals surface area contributed by atoms with Crippen LogP contribution in [0.5, 0.6) is 11.5 Å². The third kappa shape index (κ3) is 4.96. The number of carbonyl (C=O) groups is 2. The average Bonchev–Trinajstić information content (AvgIpc) is 3.22. The number of hydrazone groups is 1. The van der Waals surface area contributed by atoms with Crippen molar-refractivity contribution in [2.75, 3.05) is 33.2 Å². The Hall–Kier alpha value is -3.55. The molecule has 31 heavy (non-hydrogen) atoms. The number of carbonyl (C=O) groups excluding carboxylic acids is 1. The van der Waals surface area contributed by atoms with Gasteiger partial charge in [-0.3, -0.25) is 9.59 Å². The van der Waals surface area contributed by atoms with Crippen LogP contribution in [0, 0.1) is 0 Å². The van der Waals surface area contributed by atoms with Crippen LogP contribution in [0.15, 0.2) is 47.6 Å². The fourth-order valence-corrected chi connectivity index (χ4v) is 3.51. The number of aliphatic carboxylic acids is 1. The fourth-order valence-electron chi connectivity index (χ4n) is 3.51. The minimum Gasteiger partial charge on any atom is -0.493 e. The van der Waals surface area contributed by atoms with Gasteiger partial charge >= 0.3 is 5.97 Å². The van der Waals surface area contributed by atoms with E-state index in [4.69, 9.17) is 14.6 Å². The Kier molecular flexibility index (Phi) is 6.79. The van der Waals surface area contributed by atoms with Crippen LogP contribution in [-0.4, -0.2) is 56.0 Å². The molecule has 0 aromatic heterocycles. The molecule has 0 saturated heterocycles. The van der Waals surface area contributed by atoms with Gasteiger partial charge in [-0.15, -0.1) is 0 Å². The van der Waals surface area contributed by atoms with E-state index in [1.165, 1.54) is 5.01 Å². The molecule has 3 rings (SSSR count). The number of hydrogen-bond donors (Lipinski definition) is 1. The van der Waals surface area contributed by atoms with E-state index in [1.54, 1.807) is 20.3 Å². The molecule has 1 heterocycles. The highest BCUT2D eigenvalue weighted by molar-refractivity contribution is 6.03. The van der Waals surface area contributed by atoms with Crippen molar-refractivity contribution in [3.63, 3.8) is 0 Å². The van der Waals surface area contributed by atoms with Crippen LogP contribution >= 0.6 is 0 Å². The highest BCUT2D eigenvalue weighted by Gasteiger charge is 2.33. The van der Waals surface area contributed by atoms with Crippen molar-refractivity contribution >= 4 is 23.3 Å². The molecule has 0 bridgehead atoms. The Bertz CT molecular complexity index is 985. The summed E-state index contributed by atoms with van der Waals surface area (Å²) >= 11 is 0. The molecule has 2 aromatic rings. The summed E-state index contributed by atoms with van der Waals surface area (Å²) in [7, 11) is 7.06. The van der Waals surface area contributed by atoms with Crippen molar-refractivity contribution in [3.8, 4) is 11.5 Å². The molecule has 164 valence electrons. The minimum absolute atomic E-state index is 0.107. The predicted molar refractivity (Wildman–Crippen MR) is 118 cm³/mol. The van der Waals surface area contributed by atoms with Gasteiger partial charge in [0.15, 0.2) is 11.5 Å². The van der Waals surface area contributed by atoms with Crippen LogP contribution in [0.25, 0.3) is 0 Å². The maximum Gasteiger partial charge on any atom is 0.303 e. The second kappa shape index (κ2) is 9.51. The molecule has 0 aliphatic carbocycles. The van der Waals surface area contributed by atoms with Gasteiger partial charge in [-0.2, -0.15) is 5.10 Å². The molecule has 0 radical (unpaired) electrons. The Morgan fingerprint density at radius 3 is 2.32 bits per heavy atom. The van der Waals surface area contributed by atoms with Crippen LogP contribution in [0.3, 0.4) is 0 Å². The third-order valence-electron chi connectivity index (χ3n) is 5.23. The van der Waals surface area contributed by atoms with E-state index in [1.807, 2.05) is 55.4 Å². The van der Waals surface area contributed by atoms with E-state index in [0.29, 0.717) is 17.9 Å². The number of benzene rings is 2. The van der Waals surface area contributed by atoms with Crippen LogP contribution in [0.4, 0.5) is 5.69 Å². The van der Waals surface area contributed by atoms with Crippen molar-refractivity contribution in [1.82, 2.24) is 5.01 Å². The molecule has 0 saturated carbocycles. The Balaban J connectivity index is 1.93. The highest BCUT2D eigenvalue weighted by atomic mass is 16.5. The monoisotopic (exact) mass is 425 g/mol. The first-order valence-corrected chi connectivity index (χ1v) is 9.95. The molecular formula is C23H27N3O5. The lowest BCUT2D eigenvalue weighted by molar-refractivity contribution is -0.141. The summed E-state index contributed by atoms with van der Waals surface area (Å²) in [4.78, 5) is 25.8. The van der Waals surface area contributed by atoms with Gasteiger partial charge in [0.25, 0.3) is 0 Å². The molecule has 2 aromatic carbocycles. The number of nitrogens with zero attached hydrogens (tertiary/aromatic N) is 3. The number of rotatable bonds is 8. The van der Waals surface area contributed by atoms with Gasteiger partial charge in [0, 0.05) is 38.2 Å². The van der Waals surface area contributed by atoms with Crippen molar-refractivity contribution in [2.45, 2.75) is 25.3 Å². The molecule has 1 aliphatic heterocycles. The number of carboxylic acid groups (broad SMARTS) is 1. The lowest BCUT2D eigenvalue weighted by atomic mass is 9.97. The van der Waals surface area contributed by atoms with Gasteiger partial charge in [0.2, 0.25) is 5.91 Å². The second-order valence-corrected chi connectivity index (χ2v) is 7.45. The van der Waals surface area contributed by atoms with Crippen LogP contribution < -0.4 is 14.4 Å². The zero-order valence-electron chi connectivity index (χ0n) is 18.2. The standard InChI is InChI=1S/C23H27N3O5/c1-25(2)17-8-5-15(6-9-17)19-14-18(24-26(19)22(27)11-12-23(28)29)16-7-10-20(30-3)21(13-16)31-4/h5-10,13,19H,11-12,14H2,1-4H3,(H,28,29)/t19-/m1/s1. The Labute approximate surface area is 181 Å². The molecule has 0 fully saturated rings. The Morgan fingerprint density at radius 1 is 1.06 bits per heavy atom. The third-order valence-corrected chi connectivity index (χ3v) is 5.23.